The van der Waals surface area contributed by atoms with Crippen LogP contribution in [0.2, 0.25) is 0 Å². The lowest BCUT2D eigenvalue weighted by atomic mass is 10.1. The molecule has 0 spiro atoms. The van der Waals surface area contributed by atoms with Crippen LogP contribution in [-0.2, 0) is 4.74 Å². The van der Waals surface area contributed by atoms with E-state index in [0.29, 0.717) is 11.4 Å². The topological polar surface area (TPSA) is 84.0 Å². The zero-order valence-electron chi connectivity index (χ0n) is 10.6. The Morgan fingerprint density at radius 2 is 2.44 bits per heavy atom. The number of nitrogens with zero attached hydrogens (tertiary/aromatic N) is 3. The van der Waals surface area contributed by atoms with E-state index in [2.05, 4.69) is 10.1 Å². The molecule has 2 rings (SSSR count). The molecule has 98 valence electrons. The van der Waals surface area contributed by atoms with Crippen LogP contribution in [0.1, 0.15) is 18.9 Å². The molecule has 1 aliphatic rings. The fourth-order valence-electron chi connectivity index (χ4n) is 2.32. The minimum absolute atomic E-state index is 0.0662. The zero-order valence-corrected chi connectivity index (χ0v) is 10.6. The van der Waals surface area contributed by atoms with Crippen molar-refractivity contribution in [2.75, 3.05) is 18.6 Å². The quantitative estimate of drug-likeness (QED) is 0.358. The molecule has 0 aromatic carbocycles. The van der Waals surface area contributed by atoms with Gasteiger partial charge >= 0.3 is 0 Å². The minimum atomic E-state index is 0.0662. The summed E-state index contributed by atoms with van der Waals surface area (Å²) in [6.07, 6.45) is 2.79. The molecule has 0 aliphatic carbocycles. The van der Waals surface area contributed by atoms with E-state index in [1.807, 2.05) is 18.9 Å². The molecule has 6 heteroatoms. The summed E-state index contributed by atoms with van der Waals surface area (Å²) in [5, 5.41) is 11.8. The lowest BCUT2D eigenvalue weighted by Gasteiger charge is -2.29. The van der Waals surface area contributed by atoms with Crippen molar-refractivity contribution in [2.24, 2.45) is 10.9 Å². The molecular formula is C12H18N4O2. The highest BCUT2D eigenvalue weighted by atomic mass is 16.5. The molecule has 18 heavy (non-hydrogen) atoms. The summed E-state index contributed by atoms with van der Waals surface area (Å²) in [6, 6.07) is 3.80. The fourth-order valence-corrected chi connectivity index (χ4v) is 2.32. The van der Waals surface area contributed by atoms with Gasteiger partial charge in [-0.25, -0.2) is 4.98 Å². The minimum Gasteiger partial charge on any atom is -0.409 e. The van der Waals surface area contributed by atoms with Crippen LogP contribution >= 0.6 is 0 Å². The van der Waals surface area contributed by atoms with E-state index in [1.54, 1.807) is 18.3 Å². The van der Waals surface area contributed by atoms with Crippen molar-refractivity contribution in [3.8, 4) is 0 Å². The second kappa shape index (κ2) is 5.22. The summed E-state index contributed by atoms with van der Waals surface area (Å²) >= 11 is 0. The third kappa shape index (κ3) is 2.24. The molecular weight excluding hydrogens is 232 g/mol. The van der Waals surface area contributed by atoms with Crippen LogP contribution in [0.4, 0.5) is 5.82 Å². The van der Waals surface area contributed by atoms with Gasteiger partial charge in [-0.2, -0.15) is 0 Å². The van der Waals surface area contributed by atoms with Crippen molar-refractivity contribution in [1.29, 1.82) is 0 Å². The highest BCUT2D eigenvalue weighted by molar-refractivity contribution is 6.01. The smallest absolute Gasteiger partial charge is 0.173 e. The van der Waals surface area contributed by atoms with Gasteiger partial charge in [0.2, 0.25) is 0 Å². The van der Waals surface area contributed by atoms with E-state index in [1.165, 1.54) is 0 Å². The Labute approximate surface area is 106 Å². The van der Waals surface area contributed by atoms with Crippen LogP contribution in [0.5, 0.6) is 0 Å². The van der Waals surface area contributed by atoms with Crippen LogP contribution in [0.25, 0.3) is 0 Å². The van der Waals surface area contributed by atoms with Crippen LogP contribution in [-0.4, -0.2) is 41.8 Å². The van der Waals surface area contributed by atoms with Crippen molar-refractivity contribution in [3.63, 3.8) is 0 Å². The third-order valence-corrected chi connectivity index (χ3v) is 3.34. The van der Waals surface area contributed by atoms with E-state index in [9.17, 15) is 0 Å². The molecule has 1 aromatic rings. The van der Waals surface area contributed by atoms with Crippen molar-refractivity contribution in [3.05, 3.63) is 23.9 Å². The van der Waals surface area contributed by atoms with Gasteiger partial charge in [0.25, 0.3) is 0 Å². The van der Waals surface area contributed by atoms with E-state index < -0.39 is 0 Å². The van der Waals surface area contributed by atoms with E-state index in [-0.39, 0.29) is 18.0 Å². The van der Waals surface area contributed by atoms with E-state index >= 15 is 0 Å². The molecule has 2 heterocycles. The van der Waals surface area contributed by atoms with Gasteiger partial charge in [-0.05, 0) is 25.5 Å². The highest BCUT2D eigenvalue weighted by Crippen LogP contribution is 2.25. The monoisotopic (exact) mass is 250 g/mol. The number of hydrogen-bond acceptors (Lipinski definition) is 5. The number of anilines is 1. The molecule has 2 atom stereocenters. The Morgan fingerprint density at radius 1 is 1.67 bits per heavy atom. The maximum absolute atomic E-state index is 8.80. The highest BCUT2D eigenvalue weighted by Gasteiger charge is 2.30. The summed E-state index contributed by atoms with van der Waals surface area (Å²) in [4.78, 5) is 6.36. The maximum atomic E-state index is 8.80. The average molecular weight is 250 g/mol. The van der Waals surface area contributed by atoms with Crippen LogP contribution in [0.3, 0.4) is 0 Å². The first-order chi connectivity index (χ1) is 8.65. The van der Waals surface area contributed by atoms with Gasteiger partial charge in [-0.3, -0.25) is 0 Å². The van der Waals surface area contributed by atoms with Crippen LogP contribution in [0.15, 0.2) is 23.5 Å². The molecule has 0 saturated carbocycles. The second-order valence-corrected chi connectivity index (χ2v) is 4.40. The number of rotatable bonds is 3. The van der Waals surface area contributed by atoms with Crippen molar-refractivity contribution >= 4 is 11.7 Å². The van der Waals surface area contributed by atoms with Gasteiger partial charge in [0.1, 0.15) is 5.82 Å². The molecule has 0 radical (unpaired) electrons. The largest absolute Gasteiger partial charge is 0.409 e. The van der Waals surface area contributed by atoms with Gasteiger partial charge < -0.3 is 20.6 Å². The normalized spacial score (nSPS) is 24.2. The first-order valence-corrected chi connectivity index (χ1v) is 5.92. The number of likely N-dealkylation sites (N-methyl/N-ethyl adjacent to an activating group) is 1. The van der Waals surface area contributed by atoms with Crippen molar-refractivity contribution in [2.45, 2.75) is 25.5 Å². The van der Waals surface area contributed by atoms with Gasteiger partial charge in [0.05, 0.1) is 17.7 Å². The number of pyridine rings is 1. The molecule has 2 unspecified atom stereocenters. The zero-order chi connectivity index (χ0) is 13.1. The number of aromatic nitrogens is 1. The maximum Gasteiger partial charge on any atom is 0.173 e. The molecule has 0 bridgehead atoms. The molecule has 1 aromatic heterocycles. The van der Waals surface area contributed by atoms with Gasteiger partial charge in [-0.1, -0.05) is 5.16 Å². The fraction of sp³-hybridized carbons (Fsp3) is 0.500. The number of oxime groups is 1. The Balaban J connectivity index is 2.32. The summed E-state index contributed by atoms with van der Waals surface area (Å²) in [7, 11) is 1.95. The first-order valence-electron chi connectivity index (χ1n) is 5.92. The molecule has 3 N–H and O–H groups in total. The number of nitrogens with two attached hydrogens (primary N) is 1. The predicted octanol–water partition coefficient (Wildman–Crippen LogP) is 0.790. The van der Waals surface area contributed by atoms with E-state index in [0.717, 1.165) is 13.0 Å². The predicted molar refractivity (Wildman–Crippen MR) is 69.0 cm³/mol. The second-order valence-electron chi connectivity index (χ2n) is 4.40. The Hall–Kier alpha value is -1.82. The van der Waals surface area contributed by atoms with E-state index in [4.69, 9.17) is 15.7 Å². The van der Waals surface area contributed by atoms with Crippen LogP contribution in [0, 0.1) is 0 Å². The molecule has 1 fully saturated rings. The molecule has 1 saturated heterocycles. The van der Waals surface area contributed by atoms with Gasteiger partial charge in [-0.15, -0.1) is 0 Å². The molecule has 0 amide bonds. The number of ether oxygens (including phenoxy) is 1. The standard InChI is InChI=1S/C12H18N4O2/c1-8-10(5-7-18-8)16(2)12-9(11(13)15-17)4-3-6-14-12/h3-4,6,8,10,17H,5,7H2,1-2H3,(H2,13,15). The third-order valence-electron chi connectivity index (χ3n) is 3.34. The Kier molecular flexibility index (Phi) is 3.66. The van der Waals surface area contributed by atoms with Gasteiger partial charge in [0, 0.05) is 19.9 Å². The SMILES string of the molecule is CC1OCCC1N(C)c1ncccc1/C(N)=N/O. The number of amidine groups is 1. The molecule has 1 aliphatic heterocycles. The lowest BCUT2D eigenvalue weighted by molar-refractivity contribution is 0.118. The summed E-state index contributed by atoms with van der Waals surface area (Å²) in [5.74, 6) is 0.770. The lowest BCUT2D eigenvalue weighted by Crippen LogP contribution is -2.38. The van der Waals surface area contributed by atoms with Crippen molar-refractivity contribution in [1.82, 2.24) is 4.98 Å². The Morgan fingerprint density at radius 3 is 3.06 bits per heavy atom. The summed E-state index contributed by atoms with van der Waals surface area (Å²) in [6.45, 7) is 2.79. The summed E-state index contributed by atoms with van der Waals surface area (Å²) < 4.78 is 5.55. The summed E-state index contributed by atoms with van der Waals surface area (Å²) in [5.41, 5.74) is 6.29. The first kappa shape index (κ1) is 12.6. The molecule has 6 nitrogen and oxygen atoms in total. The number of hydrogen-bond donors (Lipinski definition) is 2. The van der Waals surface area contributed by atoms with Crippen LogP contribution < -0.4 is 10.6 Å². The average Bonchev–Trinajstić information content (AvgIpc) is 2.83. The van der Waals surface area contributed by atoms with Crippen molar-refractivity contribution < 1.29 is 9.94 Å². The van der Waals surface area contributed by atoms with Gasteiger partial charge in [0.15, 0.2) is 5.84 Å². The Bertz CT molecular complexity index is 449.